The summed E-state index contributed by atoms with van der Waals surface area (Å²) < 4.78 is 0. The van der Waals surface area contributed by atoms with Gasteiger partial charge < -0.3 is 20.0 Å². The number of aliphatic hydroxyl groups excluding tert-OH is 1. The minimum Gasteiger partial charge on any atom is -0.508 e. The van der Waals surface area contributed by atoms with Crippen molar-refractivity contribution in [2.24, 2.45) is 5.92 Å². The summed E-state index contributed by atoms with van der Waals surface area (Å²) >= 11 is 0. The van der Waals surface area contributed by atoms with E-state index in [0.29, 0.717) is 18.7 Å². The van der Waals surface area contributed by atoms with Gasteiger partial charge in [0.05, 0.1) is 11.6 Å². The van der Waals surface area contributed by atoms with E-state index >= 15 is 0 Å². The summed E-state index contributed by atoms with van der Waals surface area (Å²) in [4.78, 5) is 28.5. The summed E-state index contributed by atoms with van der Waals surface area (Å²) in [7, 11) is 3.77. The number of carbonyl (C=O) groups is 2. The van der Waals surface area contributed by atoms with Gasteiger partial charge in [-0.1, -0.05) is 26.0 Å². The van der Waals surface area contributed by atoms with Crippen LogP contribution in [0, 0.1) is 5.92 Å². The summed E-state index contributed by atoms with van der Waals surface area (Å²) in [5.41, 5.74) is 0.717. The summed E-state index contributed by atoms with van der Waals surface area (Å²) in [5, 5.41) is 20.1. The second-order valence-electron chi connectivity index (χ2n) is 6.58. The van der Waals surface area contributed by atoms with E-state index in [1.807, 2.05) is 19.0 Å². The number of phenols is 1. The molecule has 1 aromatic rings. The molecule has 2 N–H and O–H groups in total. The molecule has 0 spiro atoms. The SMILES string of the molecule is CC(C)C(=O)C1=C(O)C(=O)N(CCN(C)C)C1c1cccc(O)c1. The first-order valence-electron chi connectivity index (χ1n) is 7.96. The molecule has 0 bridgehead atoms. The van der Waals surface area contributed by atoms with Crippen molar-refractivity contribution in [3.63, 3.8) is 0 Å². The maximum atomic E-state index is 12.6. The van der Waals surface area contributed by atoms with Crippen molar-refractivity contribution in [1.29, 1.82) is 0 Å². The number of aliphatic hydroxyl groups is 1. The van der Waals surface area contributed by atoms with E-state index in [9.17, 15) is 19.8 Å². The third-order valence-corrected chi connectivity index (χ3v) is 4.07. The predicted molar refractivity (Wildman–Crippen MR) is 90.6 cm³/mol. The van der Waals surface area contributed by atoms with Crippen LogP contribution < -0.4 is 0 Å². The van der Waals surface area contributed by atoms with Crippen LogP contribution in [0.2, 0.25) is 0 Å². The number of benzene rings is 1. The highest BCUT2D eigenvalue weighted by atomic mass is 16.3. The third-order valence-electron chi connectivity index (χ3n) is 4.07. The maximum absolute atomic E-state index is 12.6. The Morgan fingerprint density at radius 1 is 1.29 bits per heavy atom. The van der Waals surface area contributed by atoms with Crippen molar-refractivity contribution in [3.05, 3.63) is 41.2 Å². The molecule has 1 atom stereocenters. The number of hydrogen-bond donors (Lipinski definition) is 2. The number of Topliss-reactive ketones (excluding diaryl/α,β-unsaturated/α-hetero) is 1. The minimum absolute atomic E-state index is 0.0512. The smallest absolute Gasteiger partial charge is 0.290 e. The molecule has 1 aromatic carbocycles. The fourth-order valence-corrected chi connectivity index (χ4v) is 2.80. The van der Waals surface area contributed by atoms with Crippen molar-refractivity contribution in [2.45, 2.75) is 19.9 Å². The van der Waals surface area contributed by atoms with Crippen LogP contribution in [0.25, 0.3) is 0 Å². The number of carbonyl (C=O) groups excluding carboxylic acids is 2. The molecule has 0 aromatic heterocycles. The van der Waals surface area contributed by atoms with Crippen LogP contribution in [0.5, 0.6) is 5.75 Å². The monoisotopic (exact) mass is 332 g/mol. The van der Waals surface area contributed by atoms with Gasteiger partial charge in [-0.3, -0.25) is 9.59 Å². The Kier molecular flexibility index (Phi) is 5.29. The van der Waals surface area contributed by atoms with Gasteiger partial charge in [-0.25, -0.2) is 0 Å². The average Bonchev–Trinajstić information content (AvgIpc) is 2.76. The van der Waals surface area contributed by atoms with Crippen LogP contribution in [0.3, 0.4) is 0 Å². The second kappa shape index (κ2) is 7.05. The number of hydrogen-bond acceptors (Lipinski definition) is 5. The van der Waals surface area contributed by atoms with E-state index in [1.54, 1.807) is 26.0 Å². The van der Waals surface area contributed by atoms with Crippen LogP contribution in [0.1, 0.15) is 25.5 Å². The van der Waals surface area contributed by atoms with E-state index in [-0.39, 0.29) is 23.0 Å². The van der Waals surface area contributed by atoms with Gasteiger partial charge >= 0.3 is 0 Å². The lowest BCUT2D eigenvalue weighted by atomic mass is 9.91. The van der Waals surface area contributed by atoms with Gasteiger partial charge in [-0.05, 0) is 31.8 Å². The lowest BCUT2D eigenvalue weighted by Gasteiger charge is -2.28. The quantitative estimate of drug-likeness (QED) is 0.831. The maximum Gasteiger partial charge on any atom is 0.290 e. The minimum atomic E-state index is -0.681. The molecule has 130 valence electrons. The number of ketones is 1. The van der Waals surface area contributed by atoms with Gasteiger partial charge in [-0.15, -0.1) is 0 Å². The Morgan fingerprint density at radius 2 is 1.96 bits per heavy atom. The first-order valence-corrected chi connectivity index (χ1v) is 7.96. The van der Waals surface area contributed by atoms with E-state index in [0.717, 1.165) is 0 Å². The van der Waals surface area contributed by atoms with Gasteiger partial charge in [0.25, 0.3) is 5.91 Å². The molecule has 0 saturated heterocycles. The molecule has 0 radical (unpaired) electrons. The molecule has 0 fully saturated rings. The number of nitrogens with zero attached hydrogens (tertiary/aromatic N) is 2. The Bertz CT molecular complexity index is 679. The Hall–Kier alpha value is -2.34. The summed E-state index contributed by atoms with van der Waals surface area (Å²) in [6.45, 7) is 4.42. The third kappa shape index (κ3) is 3.43. The Labute approximate surface area is 142 Å². The first-order chi connectivity index (χ1) is 11.2. The van der Waals surface area contributed by atoms with Crippen LogP contribution >= 0.6 is 0 Å². The van der Waals surface area contributed by atoms with Crippen molar-refractivity contribution in [1.82, 2.24) is 9.80 Å². The zero-order valence-corrected chi connectivity index (χ0v) is 14.5. The lowest BCUT2D eigenvalue weighted by Crippen LogP contribution is -2.36. The zero-order valence-electron chi connectivity index (χ0n) is 14.5. The van der Waals surface area contributed by atoms with Gasteiger partial charge in [0, 0.05) is 19.0 Å². The Morgan fingerprint density at radius 3 is 2.50 bits per heavy atom. The molecule has 2 rings (SSSR count). The average molecular weight is 332 g/mol. The lowest BCUT2D eigenvalue weighted by molar-refractivity contribution is -0.129. The fourth-order valence-electron chi connectivity index (χ4n) is 2.80. The number of phenolic OH excluding ortho intramolecular Hbond substituents is 1. The predicted octanol–water partition coefficient (Wildman–Crippen LogP) is 1.87. The summed E-state index contributed by atoms with van der Waals surface area (Å²) in [5.74, 6) is -1.59. The number of rotatable bonds is 6. The molecular formula is C18H24N2O4. The van der Waals surface area contributed by atoms with Gasteiger partial charge in [0.2, 0.25) is 0 Å². The number of aromatic hydroxyl groups is 1. The molecule has 1 unspecified atom stereocenters. The van der Waals surface area contributed by atoms with E-state index in [2.05, 4.69) is 0 Å². The van der Waals surface area contributed by atoms with Gasteiger partial charge in [0.15, 0.2) is 11.5 Å². The molecule has 6 heteroatoms. The van der Waals surface area contributed by atoms with E-state index in [4.69, 9.17) is 0 Å². The molecule has 1 aliphatic rings. The van der Waals surface area contributed by atoms with Crippen molar-refractivity contribution < 1.29 is 19.8 Å². The molecule has 1 amide bonds. The van der Waals surface area contributed by atoms with Crippen LogP contribution in [-0.4, -0.2) is 58.9 Å². The summed E-state index contributed by atoms with van der Waals surface area (Å²) in [6.07, 6.45) is 0. The van der Waals surface area contributed by atoms with Crippen LogP contribution in [0.15, 0.2) is 35.6 Å². The molecule has 24 heavy (non-hydrogen) atoms. The molecular weight excluding hydrogens is 308 g/mol. The highest BCUT2D eigenvalue weighted by Gasteiger charge is 2.43. The highest BCUT2D eigenvalue weighted by Crippen LogP contribution is 2.39. The second-order valence-corrected chi connectivity index (χ2v) is 6.58. The molecule has 1 heterocycles. The summed E-state index contributed by atoms with van der Waals surface area (Å²) in [6, 6.07) is 5.77. The fraction of sp³-hybridized carbons (Fsp3) is 0.444. The van der Waals surface area contributed by atoms with Crippen molar-refractivity contribution in [3.8, 4) is 5.75 Å². The zero-order chi connectivity index (χ0) is 18.0. The molecule has 1 aliphatic heterocycles. The van der Waals surface area contributed by atoms with Crippen molar-refractivity contribution >= 4 is 11.7 Å². The van der Waals surface area contributed by atoms with Crippen molar-refractivity contribution in [2.75, 3.05) is 27.2 Å². The molecule has 0 saturated carbocycles. The largest absolute Gasteiger partial charge is 0.508 e. The normalized spacial score (nSPS) is 18.2. The van der Waals surface area contributed by atoms with Crippen LogP contribution in [0.4, 0.5) is 0 Å². The van der Waals surface area contributed by atoms with Gasteiger partial charge in [-0.2, -0.15) is 0 Å². The highest BCUT2D eigenvalue weighted by molar-refractivity contribution is 6.09. The first kappa shape index (κ1) is 18.0. The number of likely N-dealkylation sites (N-methyl/N-ethyl adjacent to an activating group) is 1. The number of amides is 1. The van der Waals surface area contributed by atoms with E-state index in [1.165, 1.54) is 17.0 Å². The van der Waals surface area contributed by atoms with E-state index < -0.39 is 17.7 Å². The molecule has 0 aliphatic carbocycles. The Balaban J connectivity index is 2.50. The van der Waals surface area contributed by atoms with Gasteiger partial charge in [0.1, 0.15) is 5.75 Å². The van der Waals surface area contributed by atoms with Crippen LogP contribution in [-0.2, 0) is 9.59 Å². The topological polar surface area (TPSA) is 81.1 Å². The standard InChI is InChI=1S/C18H24N2O4/c1-11(2)16(22)14-15(12-6-5-7-13(21)10-12)20(9-8-19(3)4)18(24)17(14)23/h5-7,10-11,15,21,23H,8-9H2,1-4H3. The molecule has 6 nitrogen and oxygen atoms in total.